The van der Waals surface area contributed by atoms with E-state index in [9.17, 15) is 14.4 Å². The molecule has 2 amide bonds. The zero-order valence-corrected chi connectivity index (χ0v) is 16.3. The molecular weight excluding hydrogens is 408 g/mol. The van der Waals surface area contributed by atoms with Crippen LogP contribution in [0.25, 0.3) is 10.6 Å². The van der Waals surface area contributed by atoms with Crippen molar-refractivity contribution < 1.29 is 28.7 Å². The van der Waals surface area contributed by atoms with Crippen molar-refractivity contribution in [3.8, 4) is 22.1 Å². The van der Waals surface area contributed by atoms with E-state index >= 15 is 0 Å². The van der Waals surface area contributed by atoms with Gasteiger partial charge in [0, 0.05) is 10.9 Å². The maximum atomic E-state index is 12.3. The average Bonchev–Trinajstić information content (AvgIpc) is 3.32. The van der Waals surface area contributed by atoms with Gasteiger partial charge in [-0.2, -0.15) is 0 Å². The van der Waals surface area contributed by atoms with Crippen LogP contribution in [-0.4, -0.2) is 41.0 Å². The third kappa shape index (κ3) is 3.18. The topological polar surface area (TPSA) is 95.0 Å². The Kier molecular flexibility index (Phi) is 4.44. The Balaban J connectivity index is 1.27. The minimum atomic E-state index is -0.747. The van der Waals surface area contributed by atoms with Crippen LogP contribution in [0.15, 0.2) is 47.8 Å². The van der Waals surface area contributed by atoms with Gasteiger partial charge in [-0.25, -0.2) is 9.78 Å². The van der Waals surface area contributed by atoms with E-state index in [2.05, 4.69) is 4.98 Å². The zero-order chi connectivity index (χ0) is 20.7. The minimum Gasteiger partial charge on any atom is -0.486 e. The van der Waals surface area contributed by atoms with Gasteiger partial charge in [0.25, 0.3) is 11.8 Å². The van der Waals surface area contributed by atoms with Gasteiger partial charge in [0.1, 0.15) is 18.2 Å². The molecule has 2 aromatic carbocycles. The van der Waals surface area contributed by atoms with Gasteiger partial charge < -0.3 is 14.3 Å². The number of imide groups is 1. The maximum absolute atomic E-state index is 12.3. The van der Waals surface area contributed by atoms with Crippen LogP contribution in [-0.2, 0) is 16.1 Å². The molecule has 2 aliphatic heterocycles. The maximum Gasteiger partial charge on any atom is 0.339 e. The van der Waals surface area contributed by atoms with E-state index in [1.807, 2.05) is 18.2 Å². The first-order chi connectivity index (χ1) is 14.6. The lowest BCUT2D eigenvalue weighted by Gasteiger charge is -2.18. The van der Waals surface area contributed by atoms with Gasteiger partial charge in [-0.1, -0.05) is 17.2 Å². The fraction of sp³-hybridized carbons (Fsp3) is 0.143. The van der Waals surface area contributed by atoms with Crippen molar-refractivity contribution in [1.29, 1.82) is 0 Å². The number of fused-ring (bicyclic) bond motifs is 2. The summed E-state index contributed by atoms with van der Waals surface area (Å²) in [6.07, 6.45) is -0.172. The first kappa shape index (κ1) is 18.3. The Morgan fingerprint density at radius 3 is 2.47 bits per heavy atom. The minimum absolute atomic E-state index is 0.172. The Morgan fingerprint density at radius 1 is 1.03 bits per heavy atom. The van der Waals surface area contributed by atoms with Gasteiger partial charge in [-0.05, 0) is 30.3 Å². The lowest BCUT2D eigenvalue weighted by molar-refractivity contribution is -0.167. The zero-order valence-electron chi connectivity index (χ0n) is 15.5. The molecule has 5 rings (SSSR count). The SMILES string of the molecule is O=C(Cc1csc(-c2ccc3c(c2)OCCO3)n1)ON1C(=O)c2ccccc2C1=O. The highest BCUT2D eigenvalue weighted by Crippen LogP contribution is 2.35. The van der Waals surface area contributed by atoms with Gasteiger partial charge in [-0.15, -0.1) is 11.3 Å². The van der Waals surface area contributed by atoms with Crippen molar-refractivity contribution in [2.24, 2.45) is 0 Å². The summed E-state index contributed by atoms with van der Waals surface area (Å²) in [7, 11) is 0. The number of rotatable bonds is 4. The Labute approximate surface area is 174 Å². The molecule has 0 aliphatic carbocycles. The van der Waals surface area contributed by atoms with Crippen molar-refractivity contribution in [1.82, 2.24) is 10.0 Å². The number of hydrogen-bond donors (Lipinski definition) is 0. The van der Waals surface area contributed by atoms with E-state index in [0.717, 1.165) is 5.56 Å². The molecule has 0 bridgehead atoms. The monoisotopic (exact) mass is 422 g/mol. The predicted molar refractivity (Wildman–Crippen MR) is 105 cm³/mol. The molecular formula is C21H14N2O6S. The normalized spacial score (nSPS) is 14.6. The fourth-order valence-corrected chi connectivity index (χ4v) is 4.05. The Morgan fingerprint density at radius 2 is 1.73 bits per heavy atom. The fourth-order valence-electron chi connectivity index (χ4n) is 3.23. The van der Waals surface area contributed by atoms with Gasteiger partial charge in [0.2, 0.25) is 0 Å². The van der Waals surface area contributed by atoms with Crippen LogP contribution in [0.4, 0.5) is 0 Å². The lowest BCUT2D eigenvalue weighted by atomic mass is 10.1. The van der Waals surface area contributed by atoms with E-state index in [0.29, 0.717) is 40.5 Å². The largest absolute Gasteiger partial charge is 0.486 e. The van der Waals surface area contributed by atoms with Crippen molar-refractivity contribution in [3.63, 3.8) is 0 Å². The number of aromatic nitrogens is 1. The molecule has 0 N–H and O–H groups in total. The first-order valence-electron chi connectivity index (χ1n) is 9.13. The number of hydrogen-bond acceptors (Lipinski definition) is 8. The standard InChI is InChI=1S/C21H14N2O6S/c24-18(29-23-20(25)14-3-1-2-4-15(14)21(23)26)10-13-11-30-19(22-13)12-5-6-16-17(9-12)28-8-7-27-16/h1-6,9,11H,7-8,10H2. The molecule has 8 nitrogen and oxygen atoms in total. The van der Waals surface area contributed by atoms with Crippen LogP contribution in [0, 0.1) is 0 Å². The first-order valence-corrected chi connectivity index (χ1v) is 10.0. The van der Waals surface area contributed by atoms with Crippen LogP contribution in [0.2, 0.25) is 0 Å². The van der Waals surface area contributed by atoms with Crippen molar-refractivity contribution >= 4 is 29.1 Å². The lowest BCUT2D eigenvalue weighted by Crippen LogP contribution is -2.33. The average molecular weight is 422 g/mol. The summed E-state index contributed by atoms with van der Waals surface area (Å²) in [5.74, 6) is -0.714. The molecule has 0 atom stereocenters. The van der Waals surface area contributed by atoms with Gasteiger partial charge >= 0.3 is 5.97 Å². The van der Waals surface area contributed by atoms with Crippen LogP contribution < -0.4 is 9.47 Å². The highest BCUT2D eigenvalue weighted by atomic mass is 32.1. The van der Waals surface area contributed by atoms with Crippen LogP contribution in [0.3, 0.4) is 0 Å². The second kappa shape index (κ2) is 7.27. The molecule has 0 radical (unpaired) electrons. The van der Waals surface area contributed by atoms with Crippen molar-refractivity contribution in [2.75, 3.05) is 13.2 Å². The molecule has 2 aliphatic rings. The third-order valence-corrected chi connectivity index (χ3v) is 5.56. The number of amides is 2. The summed E-state index contributed by atoms with van der Waals surface area (Å²) < 4.78 is 11.1. The highest BCUT2D eigenvalue weighted by molar-refractivity contribution is 7.13. The van der Waals surface area contributed by atoms with Crippen LogP contribution in [0.1, 0.15) is 26.4 Å². The Hall–Kier alpha value is -3.72. The molecule has 0 saturated heterocycles. The number of carbonyl (C=O) groups is 3. The van der Waals surface area contributed by atoms with Gasteiger partial charge in [-0.3, -0.25) is 9.59 Å². The molecule has 0 fully saturated rings. The molecule has 150 valence electrons. The predicted octanol–water partition coefficient (Wildman–Crippen LogP) is 2.88. The van der Waals surface area contributed by atoms with Crippen LogP contribution in [0.5, 0.6) is 11.5 Å². The number of thiazole rings is 1. The van der Waals surface area contributed by atoms with E-state index in [-0.39, 0.29) is 17.5 Å². The van der Waals surface area contributed by atoms with Crippen molar-refractivity contribution in [2.45, 2.75) is 6.42 Å². The number of benzene rings is 2. The summed E-state index contributed by atoms with van der Waals surface area (Å²) in [6.45, 7) is 1.01. The summed E-state index contributed by atoms with van der Waals surface area (Å²) >= 11 is 1.37. The van der Waals surface area contributed by atoms with E-state index < -0.39 is 17.8 Å². The van der Waals surface area contributed by atoms with E-state index in [4.69, 9.17) is 14.3 Å². The summed E-state index contributed by atoms with van der Waals surface area (Å²) in [4.78, 5) is 46.4. The quantitative estimate of drug-likeness (QED) is 0.597. The second-order valence-corrected chi connectivity index (χ2v) is 7.45. The van der Waals surface area contributed by atoms with Crippen LogP contribution >= 0.6 is 11.3 Å². The summed E-state index contributed by atoms with van der Waals surface area (Å²) in [5, 5.41) is 2.94. The molecule has 3 aromatic rings. The van der Waals surface area contributed by atoms with Gasteiger partial charge in [0.05, 0.1) is 23.2 Å². The number of hydroxylamine groups is 2. The third-order valence-electron chi connectivity index (χ3n) is 4.62. The van der Waals surface area contributed by atoms with E-state index in [1.54, 1.807) is 17.5 Å². The molecule has 30 heavy (non-hydrogen) atoms. The molecule has 9 heteroatoms. The van der Waals surface area contributed by atoms with Gasteiger partial charge in [0.15, 0.2) is 11.5 Å². The molecule has 0 saturated carbocycles. The molecule has 0 unspecified atom stereocenters. The highest BCUT2D eigenvalue weighted by Gasteiger charge is 2.38. The molecule has 3 heterocycles. The summed E-state index contributed by atoms with van der Waals surface area (Å²) in [6, 6.07) is 11.9. The second-order valence-electron chi connectivity index (χ2n) is 6.59. The van der Waals surface area contributed by atoms with E-state index in [1.165, 1.54) is 23.5 Å². The molecule has 1 aromatic heterocycles. The number of nitrogens with zero attached hydrogens (tertiary/aromatic N) is 2. The number of carbonyl (C=O) groups excluding carboxylic acids is 3. The number of ether oxygens (including phenoxy) is 2. The Bertz CT molecular complexity index is 1150. The smallest absolute Gasteiger partial charge is 0.339 e. The summed E-state index contributed by atoms with van der Waals surface area (Å²) in [5.41, 5.74) is 1.74. The van der Waals surface area contributed by atoms with Crippen molar-refractivity contribution in [3.05, 3.63) is 64.7 Å². The molecule has 0 spiro atoms.